The fourth-order valence-electron chi connectivity index (χ4n) is 3.03. The summed E-state index contributed by atoms with van der Waals surface area (Å²) in [6, 6.07) is 21.2. The average molecular weight is 436 g/mol. The van der Waals surface area contributed by atoms with E-state index in [2.05, 4.69) is 0 Å². The maximum Gasteiger partial charge on any atom is 0.416 e. The molecule has 0 aromatic heterocycles. The van der Waals surface area contributed by atoms with Crippen LogP contribution in [0.1, 0.15) is 34.2 Å². The highest BCUT2D eigenvalue weighted by Gasteiger charge is 2.30. The van der Waals surface area contributed by atoms with Gasteiger partial charge in [-0.25, -0.2) is 0 Å². The molecule has 32 heavy (non-hydrogen) atoms. The summed E-state index contributed by atoms with van der Waals surface area (Å²) in [5.74, 6) is 1.11. The maximum atomic E-state index is 12.8. The van der Waals surface area contributed by atoms with Gasteiger partial charge in [0, 0.05) is 0 Å². The smallest absolute Gasteiger partial charge is 0.416 e. The lowest BCUT2D eigenvalue weighted by atomic mass is 10.1. The summed E-state index contributed by atoms with van der Waals surface area (Å²) in [5.41, 5.74) is 1.42. The van der Waals surface area contributed by atoms with E-state index >= 15 is 0 Å². The van der Waals surface area contributed by atoms with Crippen molar-refractivity contribution in [2.24, 2.45) is 0 Å². The van der Waals surface area contributed by atoms with Gasteiger partial charge in [0.15, 0.2) is 0 Å². The maximum absolute atomic E-state index is 12.8. The van der Waals surface area contributed by atoms with E-state index in [0.717, 1.165) is 30.5 Å². The van der Waals surface area contributed by atoms with Crippen LogP contribution in [0.15, 0.2) is 66.7 Å². The summed E-state index contributed by atoms with van der Waals surface area (Å²) in [7, 11) is 0. The van der Waals surface area contributed by atoms with Crippen molar-refractivity contribution in [1.29, 1.82) is 10.5 Å². The van der Waals surface area contributed by atoms with Crippen LogP contribution < -0.4 is 9.47 Å². The van der Waals surface area contributed by atoms with Gasteiger partial charge >= 0.3 is 6.18 Å². The zero-order valence-corrected chi connectivity index (χ0v) is 17.0. The highest BCUT2D eigenvalue weighted by Crippen LogP contribution is 2.29. The number of benzene rings is 3. The lowest BCUT2D eigenvalue weighted by Crippen LogP contribution is -2.06. The first-order valence-electron chi connectivity index (χ1n) is 9.84. The van der Waals surface area contributed by atoms with Crippen LogP contribution in [-0.2, 0) is 19.2 Å². The van der Waals surface area contributed by atoms with Crippen molar-refractivity contribution in [1.82, 2.24) is 0 Å². The summed E-state index contributed by atoms with van der Waals surface area (Å²) in [4.78, 5) is 0. The second kappa shape index (κ2) is 10.4. The summed E-state index contributed by atoms with van der Waals surface area (Å²) in [6.45, 7) is 0.497. The van der Waals surface area contributed by atoms with E-state index in [-0.39, 0.29) is 12.2 Å². The molecule has 0 radical (unpaired) electrons. The molecule has 0 saturated heterocycles. The number of hydrogen-bond donors (Lipinski definition) is 0. The van der Waals surface area contributed by atoms with Gasteiger partial charge in [0.1, 0.15) is 30.2 Å². The number of rotatable bonds is 8. The molecule has 3 aromatic rings. The van der Waals surface area contributed by atoms with Gasteiger partial charge in [0.25, 0.3) is 0 Å². The van der Waals surface area contributed by atoms with Gasteiger partial charge in [-0.2, -0.15) is 23.7 Å². The lowest BCUT2D eigenvalue weighted by Gasteiger charge is -2.11. The normalized spacial score (nSPS) is 10.8. The van der Waals surface area contributed by atoms with Crippen molar-refractivity contribution in [2.45, 2.75) is 25.6 Å². The predicted octanol–water partition coefficient (Wildman–Crippen LogP) is 6.04. The monoisotopic (exact) mass is 436 g/mol. The van der Waals surface area contributed by atoms with Crippen molar-refractivity contribution >= 4 is 0 Å². The van der Waals surface area contributed by atoms with Crippen LogP contribution in [0.4, 0.5) is 13.2 Å². The van der Waals surface area contributed by atoms with Crippen molar-refractivity contribution < 1.29 is 22.6 Å². The molecule has 0 atom stereocenters. The van der Waals surface area contributed by atoms with Crippen LogP contribution in [0.2, 0.25) is 0 Å². The van der Waals surface area contributed by atoms with Gasteiger partial charge in [-0.1, -0.05) is 24.3 Å². The molecule has 0 aliphatic rings. The topological polar surface area (TPSA) is 66.0 Å². The largest absolute Gasteiger partial charge is 0.494 e. The number of halogens is 3. The summed E-state index contributed by atoms with van der Waals surface area (Å²) in [5, 5.41) is 18.0. The van der Waals surface area contributed by atoms with E-state index in [9.17, 15) is 13.2 Å². The molecule has 0 fully saturated rings. The van der Waals surface area contributed by atoms with Gasteiger partial charge in [-0.05, 0) is 66.4 Å². The summed E-state index contributed by atoms with van der Waals surface area (Å²) >= 11 is 0. The number of nitriles is 2. The average Bonchev–Trinajstić information content (AvgIpc) is 2.80. The first kappa shape index (κ1) is 22.7. The number of nitrogens with zero attached hydrogens (tertiary/aromatic N) is 2. The predicted molar refractivity (Wildman–Crippen MR) is 112 cm³/mol. The Kier molecular flexibility index (Phi) is 7.36. The minimum atomic E-state index is -4.38. The number of aryl methyl sites for hydroxylation is 1. The highest BCUT2D eigenvalue weighted by molar-refractivity contribution is 5.49. The van der Waals surface area contributed by atoms with Gasteiger partial charge in [0.05, 0.1) is 23.3 Å². The zero-order valence-electron chi connectivity index (χ0n) is 17.0. The molecule has 7 heteroatoms. The SMILES string of the molecule is N#Cc1ccc(OCCCc2ccc(OCc3cccc(C(F)(F)F)c3)cc2)cc1C#N. The molecule has 3 aromatic carbocycles. The molecular weight excluding hydrogens is 417 g/mol. The van der Waals surface area contributed by atoms with Crippen LogP contribution in [-0.4, -0.2) is 6.61 Å². The van der Waals surface area contributed by atoms with E-state index in [1.807, 2.05) is 24.3 Å². The lowest BCUT2D eigenvalue weighted by molar-refractivity contribution is -0.137. The molecular formula is C25H19F3N2O2. The van der Waals surface area contributed by atoms with Crippen molar-refractivity contribution in [3.63, 3.8) is 0 Å². The van der Waals surface area contributed by atoms with Gasteiger partial charge in [-0.3, -0.25) is 0 Å². The Morgan fingerprint density at radius 3 is 2.16 bits per heavy atom. The van der Waals surface area contributed by atoms with E-state index in [1.165, 1.54) is 6.07 Å². The minimum absolute atomic E-state index is 0.0480. The molecule has 0 amide bonds. The molecule has 0 saturated carbocycles. The van der Waals surface area contributed by atoms with Gasteiger partial charge in [-0.15, -0.1) is 0 Å². The van der Waals surface area contributed by atoms with E-state index in [0.29, 0.717) is 29.2 Å². The third kappa shape index (κ3) is 6.26. The molecule has 162 valence electrons. The van der Waals surface area contributed by atoms with Crippen LogP contribution in [0.5, 0.6) is 11.5 Å². The molecule has 0 unspecified atom stereocenters. The Hall–Kier alpha value is -3.97. The highest BCUT2D eigenvalue weighted by atomic mass is 19.4. The first-order chi connectivity index (χ1) is 15.4. The standard InChI is InChI=1S/C25H19F3N2O2/c26-25(27,28)22-5-1-3-19(13-22)17-32-23-9-6-18(7-10-23)4-2-12-31-24-11-8-20(15-29)21(14-24)16-30/h1,3,5-11,13-14H,2,4,12,17H2. The fourth-order valence-corrected chi connectivity index (χ4v) is 3.03. The van der Waals surface area contributed by atoms with Crippen LogP contribution in [0.3, 0.4) is 0 Å². The minimum Gasteiger partial charge on any atom is -0.494 e. The third-order valence-electron chi connectivity index (χ3n) is 4.69. The molecule has 0 heterocycles. The second-order valence-corrected chi connectivity index (χ2v) is 7.01. The molecule has 3 rings (SSSR count). The molecule has 0 spiro atoms. The van der Waals surface area contributed by atoms with Crippen LogP contribution in [0, 0.1) is 22.7 Å². The molecule has 0 aliphatic heterocycles. The Morgan fingerprint density at radius 1 is 0.750 bits per heavy atom. The van der Waals surface area contributed by atoms with Gasteiger partial charge < -0.3 is 9.47 Å². The zero-order chi connectivity index (χ0) is 23.0. The summed E-state index contributed by atoms with van der Waals surface area (Å²) < 4.78 is 49.6. The summed E-state index contributed by atoms with van der Waals surface area (Å²) in [6.07, 6.45) is -2.87. The third-order valence-corrected chi connectivity index (χ3v) is 4.69. The van der Waals surface area contributed by atoms with Crippen molar-refractivity contribution in [2.75, 3.05) is 6.61 Å². The van der Waals surface area contributed by atoms with Gasteiger partial charge in [0.2, 0.25) is 0 Å². The second-order valence-electron chi connectivity index (χ2n) is 7.01. The molecule has 4 nitrogen and oxygen atoms in total. The van der Waals surface area contributed by atoms with E-state index in [1.54, 1.807) is 36.4 Å². The van der Waals surface area contributed by atoms with Crippen molar-refractivity contribution in [3.05, 3.63) is 94.5 Å². The quantitative estimate of drug-likeness (QED) is 0.404. The molecule has 0 aliphatic carbocycles. The van der Waals surface area contributed by atoms with E-state index < -0.39 is 11.7 Å². The molecule has 0 N–H and O–H groups in total. The Labute approximate surface area is 184 Å². The number of hydrogen-bond acceptors (Lipinski definition) is 4. The Bertz CT molecular complexity index is 1140. The van der Waals surface area contributed by atoms with Crippen LogP contribution >= 0.6 is 0 Å². The first-order valence-corrected chi connectivity index (χ1v) is 9.84. The fraction of sp³-hybridized carbons (Fsp3) is 0.200. The number of ether oxygens (including phenoxy) is 2. The Morgan fingerprint density at radius 2 is 1.47 bits per heavy atom. The van der Waals surface area contributed by atoms with Crippen molar-refractivity contribution in [3.8, 4) is 23.6 Å². The molecule has 0 bridgehead atoms. The van der Waals surface area contributed by atoms with Crippen LogP contribution in [0.25, 0.3) is 0 Å². The Balaban J connectivity index is 1.45. The van der Waals surface area contributed by atoms with E-state index in [4.69, 9.17) is 20.0 Å². The number of alkyl halides is 3.